The molecule has 0 atom stereocenters. The zero-order valence-corrected chi connectivity index (χ0v) is 11.1. The van der Waals surface area contributed by atoms with Crippen LogP contribution in [0.2, 0.25) is 0 Å². The molecule has 1 aromatic heterocycles. The minimum absolute atomic E-state index is 0.136. The van der Waals surface area contributed by atoms with Gasteiger partial charge in [-0.15, -0.1) is 10.2 Å². The van der Waals surface area contributed by atoms with Crippen molar-refractivity contribution in [3.63, 3.8) is 0 Å². The Hall–Kier alpha value is -0.730. The number of anilines is 1. The van der Waals surface area contributed by atoms with Crippen LogP contribution in [0.25, 0.3) is 0 Å². The molecule has 1 aromatic rings. The van der Waals surface area contributed by atoms with Crippen LogP contribution in [0.3, 0.4) is 0 Å². The minimum Gasteiger partial charge on any atom is -0.360 e. The van der Waals surface area contributed by atoms with Crippen molar-refractivity contribution in [2.45, 2.75) is 36.4 Å². The molecule has 0 aromatic carbocycles. The molecule has 6 nitrogen and oxygen atoms in total. The maximum atomic E-state index is 11.0. The highest BCUT2D eigenvalue weighted by Crippen LogP contribution is 2.25. The van der Waals surface area contributed by atoms with E-state index in [2.05, 4.69) is 15.5 Å². The molecule has 0 saturated heterocycles. The molecule has 3 N–H and O–H groups in total. The molecule has 8 heteroatoms. The highest BCUT2D eigenvalue weighted by molar-refractivity contribution is 7.91. The van der Waals surface area contributed by atoms with Crippen molar-refractivity contribution in [1.29, 1.82) is 0 Å². The molecule has 0 aliphatic heterocycles. The van der Waals surface area contributed by atoms with Crippen LogP contribution in [0.15, 0.2) is 4.34 Å². The molecule has 17 heavy (non-hydrogen) atoms. The highest BCUT2D eigenvalue weighted by Gasteiger charge is 2.17. The van der Waals surface area contributed by atoms with Gasteiger partial charge in [-0.1, -0.05) is 30.6 Å². The fourth-order valence-electron chi connectivity index (χ4n) is 2.02. The van der Waals surface area contributed by atoms with E-state index in [1.807, 2.05) is 0 Å². The van der Waals surface area contributed by atoms with Gasteiger partial charge >= 0.3 is 0 Å². The average Bonchev–Trinajstić information content (AvgIpc) is 2.76. The van der Waals surface area contributed by atoms with Gasteiger partial charge in [-0.25, -0.2) is 13.6 Å². The maximum absolute atomic E-state index is 11.0. The SMILES string of the molecule is NS(=O)(=O)c1nnc(NCC2CCCCC2)s1. The van der Waals surface area contributed by atoms with Crippen LogP contribution in [-0.4, -0.2) is 25.2 Å². The maximum Gasteiger partial charge on any atom is 0.267 e. The van der Waals surface area contributed by atoms with Gasteiger partial charge in [0.2, 0.25) is 9.47 Å². The normalized spacial score (nSPS) is 18.2. The molecule has 0 unspecified atom stereocenters. The average molecular weight is 276 g/mol. The van der Waals surface area contributed by atoms with Gasteiger partial charge in [-0.2, -0.15) is 0 Å². The van der Waals surface area contributed by atoms with Gasteiger partial charge in [0, 0.05) is 6.54 Å². The fraction of sp³-hybridized carbons (Fsp3) is 0.778. The highest BCUT2D eigenvalue weighted by atomic mass is 32.2. The Kier molecular flexibility index (Phi) is 3.95. The lowest BCUT2D eigenvalue weighted by Crippen LogP contribution is -2.16. The Labute approximate surface area is 105 Å². The zero-order chi connectivity index (χ0) is 12.3. The number of nitrogens with two attached hydrogens (primary N) is 1. The number of rotatable bonds is 4. The lowest BCUT2D eigenvalue weighted by Gasteiger charge is -2.21. The predicted octanol–water partition coefficient (Wildman–Crippen LogP) is 1.18. The van der Waals surface area contributed by atoms with Gasteiger partial charge in [0.1, 0.15) is 0 Å². The van der Waals surface area contributed by atoms with E-state index in [1.54, 1.807) is 0 Å². The Morgan fingerprint density at radius 2 is 2.00 bits per heavy atom. The zero-order valence-electron chi connectivity index (χ0n) is 9.42. The second kappa shape index (κ2) is 5.28. The van der Waals surface area contributed by atoms with Gasteiger partial charge in [0.25, 0.3) is 10.0 Å². The molecule has 0 radical (unpaired) electrons. The molecular formula is C9H16N4O2S2. The number of nitrogens with one attached hydrogen (secondary N) is 1. The summed E-state index contributed by atoms with van der Waals surface area (Å²) in [6, 6.07) is 0. The molecule has 1 aliphatic rings. The van der Waals surface area contributed by atoms with Crippen molar-refractivity contribution < 1.29 is 8.42 Å². The lowest BCUT2D eigenvalue weighted by atomic mass is 9.89. The Morgan fingerprint density at radius 3 is 2.59 bits per heavy atom. The molecule has 1 fully saturated rings. The first-order valence-electron chi connectivity index (χ1n) is 5.66. The molecule has 0 bridgehead atoms. The molecule has 0 amide bonds. The largest absolute Gasteiger partial charge is 0.360 e. The summed E-state index contributed by atoms with van der Waals surface area (Å²) in [5.74, 6) is 0.658. The van der Waals surface area contributed by atoms with Gasteiger partial charge in [-0.3, -0.25) is 0 Å². The van der Waals surface area contributed by atoms with Gasteiger partial charge in [0.15, 0.2) is 0 Å². The summed E-state index contributed by atoms with van der Waals surface area (Å²) in [4.78, 5) is 0. The summed E-state index contributed by atoms with van der Waals surface area (Å²) in [7, 11) is -3.72. The first kappa shape index (κ1) is 12.7. The molecule has 96 valence electrons. The summed E-state index contributed by atoms with van der Waals surface area (Å²) in [6.45, 7) is 0.833. The van der Waals surface area contributed by atoms with Crippen molar-refractivity contribution >= 4 is 26.5 Å². The van der Waals surface area contributed by atoms with Crippen molar-refractivity contribution in [3.05, 3.63) is 0 Å². The number of hydrogen-bond acceptors (Lipinski definition) is 6. The first-order valence-corrected chi connectivity index (χ1v) is 8.02. The molecule has 1 heterocycles. The van der Waals surface area contributed by atoms with Crippen molar-refractivity contribution in [1.82, 2.24) is 10.2 Å². The molecule has 1 saturated carbocycles. The second-order valence-corrected chi connectivity index (χ2v) is 7.02. The third-order valence-corrected chi connectivity index (χ3v) is 5.11. The standard InChI is InChI=1S/C9H16N4O2S2/c10-17(14,15)9-13-12-8(16-9)11-6-7-4-2-1-3-5-7/h7H,1-6H2,(H,11,12)(H2,10,14,15). The summed E-state index contributed by atoms with van der Waals surface area (Å²) in [5.41, 5.74) is 0. The van der Waals surface area contributed by atoms with E-state index >= 15 is 0 Å². The Balaban J connectivity index is 1.89. The van der Waals surface area contributed by atoms with E-state index in [1.165, 1.54) is 32.1 Å². The first-order chi connectivity index (χ1) is 8.05. The minimum atomic E-state index is -3.72. The third-order valence-electron chi connectivity index (χ3n) is 2.92. The monoisotopic (exact) mass is 276 g/mol. The van der Waals surface area contributed by atoms with Gasteiger partial charge in [0.05, 0.1) is 0 Å². The number of hydrogen-bond donors (Lipinski definition) is 2. The van der Waals surface area contributed by atoms with Crippen LogP contribution < -0.4 is 10.5 Å². The molecule has 2 rings (SSSR count). The topological polar surface area (TPSA) is 98.0 Å². The summed E-state index contributed by atoms with van der Waals surface area (Å²) in [6.07, 6.45) is 6.35. The van der Waals surface area contributed by atoms with Crippen LogP contribution in [0.1, 0.15) is 32.1 Å². The van der Waals surface area contributed by atoms with Crippen molar-refractivity contribution in [3.8, 4) is 0 Å². The van der Waals surface area contributed by atoms with Crippen molar-refractivity contribution in [2.24, 2.45) is 11.1 Å². The Bertz CT molecular complexity index is 465. The smallest absolute Gasteiger partial charge is 0.267 e. The molecule has 0 spiro atoms. The molecule has 1 aliphatic carbocycles. The number of primary sulfonamides is 1. The number of nitrogens with zero attached hydrogens (tertiary/aromatic N) is 2. The second-order valence-electron chi connectivity index (χ2n) is 4.30. The third kappa shape index (κ3) is 3.62. The van der Waals surface area contributed by atoms with E-state index < -0.39 is 10.0 Å². The molecular weight excluding hydrogens is 260 g/mol. The van der Waals surface area contributed by atoms with E-state index in [4.69, 9.17) is 5.14 Å². The van der Waals surface area contributed by atoms with E-state index in [9.17, 15) is 8.42 Å². The Morgan fingerprint density at radius 1 is 1.29 bits per heavy atom. The van der Waals surface area contributed by atoms with Crippen LogP contribution in [0.5, 0.6) is 0 Å². The van der Waals surface area contributed by atoms with E-state index in [-0.39, 0.29) is 4.34 Å². The van der Waals surface area contributed by atoms with Crippen LogP contribution in [-0.2, 0) is 10.0 Å². The van der Waals surface area contributed by atoms with Gasteiger partial charge < -0.3 is 5.32 Å². The van der Waals surface area contributed by atoms with E-state index in [0.29, 0.717) is 11.0 Å². The fourth-order valence-corrected chi connectivity index (χ4v) is 3.36. The van der Waals surface area contributed by atoms with E-state index in [0.717, 1.165) is 17.9 Å². The number of aromatic nitrogens is 2. The summed E-state index contributed by atoms with van der Waals surface area (Å²) in [5, 5.41) is 15.9. The van der Waals surface area contributed by atoms with Crippen LogP contribution >= 0.6 is 11.3 Å². The quantitative estimate of drug-likeness (QED) is 0.860. The van der Waals surface area contributed by atoms with Crippen molar-refractivity contribution in [2.75, 3.05) is 11.9 Å². The van der Waals surface area contributed by atoms with Crippen LogP contribution in [0, 0.1) is 5.92 Å². The van der Waals surface area contributed by atoms with Gasteiger partial charge in [-0.05, 0) is 18.8 Å². The summed E-state index contributed by atoms with van der Waals surface area (Å²) < 4.78 is 21.9. The lowest BCUT2D eigenvalue weighted by molar-refractivity contribution is 0.373. The van der Waals surface area contributed by atoms with Crippen LogP contribution in [0.4, 0.5) is 5.13 Å². The summed E-state index contributed by atoms with van der Waals surface area (Å²) >= 11 is 0.982. The predicted molar refractivity (Wildman–Crippen MR) is 66.3 cm³/mol. The number of sulfonamides is 1.